The van der Waals surface area contributed by atoms with Crippen LogP contribution in [0.2, 0.25) is 0 Å². The summed E-state index contributed by atoms with van der Waals surface area (Å²) in [6.07, 6.45) is 9.89. The van der Waals surface area contributed by atoms with Gasteiger partial charge in [0.15, 0.2) is 0 Å². The first kappa shape index (κ1) is 21.2. The Hall–Kier alpha value is -3.64. The fraction of sp³-hybridized carbons (Fsp3) is 0.148. The number of carbonyl (C=O) groups is 1. The molecule has 1 aliphatic heterocycles. The minimum Gasteiger partial charge on any atom is -0.346 e. The molecule has 0 saturated carbocycles. The van der Waals surface area contributed by atoms with Crippen LogP contribution in [0.25, 0.3) is 17.3 Å². The van der Waals surface area contributed by atoms with Gasteiger partial charge in [0.05, 0.1) is 12.6 Å². The van der Waals surface area contributed by atoms with Crippen molar-refractivity contribution in [3.8, 4) is 11.3 Å². The molecule has 164 valence electrons. The van der Waals surface area contributed by atoms with E-state index in [4.69, 9.17) is 5.10 Å². The van der Waals surface area contributed by atoms with Gasteiger partial charge in [-0.05, 0) is 41.8 Å². The number of nitrogens with one attached hydrogen (secondary N) is 1. The molecule has 1 unspecified atom stereocenters. The zero-order valence-electron chi connectivity index (χ0n) is 18.1. The standard InChI is InChI=1S/C27H24N4OS/c32-26(29-24-14-16-33-25-11-5-4-10-23(24)25)13-12-22-19-31(18-20-7-2-1-3-8-20)30-27(22)21-9-6-15-28-17-21/h1-13,15,17,19,24H,14,16,18H2,(H,29,32)/b13-12+. The van der Waals surface area contributed by atoms with Crippen LogP contribution in [0.5, 0.6) is 0 Å². The summed E-state index contributed by atoms with van der Waals surface area (Å²) in [6, 6.07) is 22.4. The molecule has 6 heteroatoms. The van der Waals surface area contributed by atoms with Gasteiger partial charge in [0.2, 0.25) is 5.91 Å². The van der Waals surface area contributed by atoms with Gasteiger partial charge in [0.25, 0.3) is 0 Å². The van der Waals surface area contributed by atoms with Crippen molar-refractivity contribution in [2.24, 2.45) is 0 Å². The van der Waals surface area contributed by atoms with Crippen molar-refractivity contribution < 1.29 is 4.79 Å². The molecule has 0 fully saturated rings. The maximum Gasteiger partial charge on any atom is 0.244 e. The minimum absolute atomic E-state index is 0.0400. The van der Waals surface area contributed by atoms with E-state index in [1.54, 1.807) is 18.5 Å². The molecular formula is C27H24N4OS. The van der Waals surface area contributed by atoms with Gasteiger partial charge in [-0.2, -0.15) is 5.10 Å². The second kappa shape index (κ2) is 9.88. The number of hydrogen-bond acceptors (Lipinski definition) is 4. The van der Waals surface area contributed by atoms with E-state index in [2.05, 4.69) is 34.6 Å². The quantitative estimate of drug-likeness (QED) is 0.400. The van der Waals surface area contributed by atoms with Crippen LogP contribution < -0.4 is 5.32 Å². The number of pyridine rings is 1. The molecule has 0 bridgehead atoms. The average molecular weight is 453 g/mol. The zero-order chi connectivity index (χ0) is 22.5. The summed E-state index contributed by atoms with van der Waals surface area (Å²) >= 11 is 1.85. The molecule has 3 heterocycles. The molecule has 33 heavy (non-hydrogen) atoms. The highest BCUT2D eigenvalue weighted by Crippen LogP contribution is 2.35. The minimum atomic E-state index is -0.102. The Labute approximate surface area is 197 Å². The van der Waals surface area contributed by atoms with E-state index < -0.39 is 0 Å². The first-order valence-electron chi connectivity index (χ1n) is 11.0. The van der Waals surface area contributed by atoms with Crippen molar-refractivity contribution in [3.63, 3.8) is 0 Å². The normalized spacial score (nSPS) is 15.3. The second-order valence-electron chi connectivity index (χ2n) is 7.93. The van der Waals surface area contributed by atoms with Gasteiger partial charge in [-0.3, -0.25) is 14.5 Å². The fourth-order valence-corrected chi connectivity index (χ4v) is 5.14. The smallest absolute Gasteiger partial charge is 0.244 e. The number of amides is 1. The molecule has 0 saturated heterocycles. The molecule has 1 aliphatic rings. The van der Waals surface area contributed by atoms with Gasteiger partial charge in [0, 0.05) is 46.4 Å². The van der Waals surface area contributed by atoms with Crippen LogP contribution in [0.4, 0.5) is 0 Å². The van der Waals surface area contributed by atoms with E-state index in [0.29, 0.717) is 6.54 Å². The van der Waals surface area contributed by atoms with Gasteiger partial charge in [-0.25, -0.2) is 0 Å². The van der Waals surface area contributed by atoms with Gasteiger partial charge in [-0.1, -0.05) is 48.5 Å². The molecule has 5 rings (SSSR count). The number of nitrogens with zero attached hydrogens (tertiary/aromatic N) is 3. The van der Waals surface area contributed by atoms with E-state index in [1.807, 2.05) is 71.2 Å². The summed E-state index contributed by atoms with van der Waals surface area (Å²) in [4.78, 5) is 18.3. The number of carbonyl (C=O) groups excluding carboxylic acids is 1. The van der Waals surface area contributed by atoms with E-state index in [0.717, 1.165) is 29.0 Å². The van der Waals surface area contributed by atoms with Gasteiger partial charge in [0.1, 0.15) is 5.69 Å². The number of hydrogen-bond donors (Lipinski definition) is 1. The van der Waals surface area contributed by atoms with Gasteiger partial charge < -0.3 is 5.32 Å². The molecular weight excluding hydrogens is 428 g/mol. The lowest BCUT2D eigenvalue weighted by molar-refractivity contribution is -0.117. The fourth-order valence-electron chi connectivity index (χ4n) is 4.01. The highest BCUT2D eigenvalue weighted by atomic mass is 32.2. The topological polar surface area (TPSA) is 59.8 Å². The lowest BCUT2D eigenvalue weighted by Gasteiger charge is -2.25. The third kappa shape index (κ3) is 5.07. The maximum atomic E-state index is 12.8. The third-order valence-electron chi connectivity index (χ3n) is 5.60. The Balaban J connectivity index is 1.37. The maximum absolute atomic E-state index is 12.8. The van der Waals surface area contributed by atoms with Crippen molar-refractivity contribution in [2.45, 2.75) is 23.9 Å². The molecule has 2 aromatic carbocycles. The van der Waals surface area contributed by atoms with Crippen LogP contribution in [-0.4, -0.2) is 26.4 Å². The second-order valence-corrected chi connectivity index (χ2v) is 9.06. The summed E-state index contributed by atoms with van der Waals surface area (Å²) < 4.78 is 1.91. The van der Waals surface area contributed by atoms with Crippen molar-refractivity contribution in [1.29, 1.82) is 0 Å². The Morgan fingerprint density at radius 3 is 2.79 bits per heavy atom. The van der Waals surface area contributed by atoms with E-state index >= 15 is 0 Å². The van der Waals surface area contributed by atoms with Gasteiger partial charge >= 0.3 is 0 Å². The molecule has 0 radical (unpaired) electrons. The Morgan fingerprint density at radius 2 is 1.94 bits per heavy atom. The molecule has 1 amide bonds. The van der Waals surface area contributed by atoms with Crippen LogP contribution in [0.1, 0.15) is 29.2 Å². The summed E-state index contributed by atoms with van der Waals surface area (Å²) in [6.45, 7) is 0.657. The zero-order valence-corrected chi connectivity index (χ0v) is 18.9. The Kier molecular flexibility index (Phi) is 6.35. The van der Waals surface area contributed by atoms with E-state index in [9.17, 15) is 4.79 Å². The van der Waals surface area contributed by atoms with E-state index in [1.165, 1.54) is 16.0 Å². The van der Waals surface area contributed by atoms with Crippen molar-refractivity contribution in [2.75, 3.05) is 5.75 Å². The first-order chi connectivity index (χ1) is 16.3. The molecule has 0 spiro atoms. The molecule has 1 atom stereocenters. The predicted octanol–water partition coefficient (Wildman–Crippen LogP) is 5.36. The number of rotatable bonds is 6. The molecule has 2 aromatic heterocycles. The van der Waals surface area contributed by atoms with Crippen LogP contribution in [0.3, 0.4) is 0 Å². The average Bonchev–Trinajstić information content (AvgIpc) is 3.27. The third-order valence-corrected chi connectivity index (χ3v) is 6.72. The van der Waals surface area contributed by atoms with Crippen LogP contribution in [-0.2, 0) is 11.3 Å². The number of aromatic nitrogens is 3. The lowest BCUT2D eigenvalue weighted by atomic mass is 10.0. The first-order valence-corrected chi connectivity index (χ1v) is 12.0. The van der Waals surface area contributed by atoms with E-state index in [-0.39, 0.29) is 11.9 Å². The molecule has 0 aliphatic carbocycles. The number of fused-ring (bicyclic) bond motifs is 1. The molecule has 4 aromatic rings. The van der Waals surface area contributed by atoms with Crippen molar-refractivity contribution >= 4 is 23.7 Å². The van der Waals surface area contributed by atoms with Crippen molar-refractivity contribution in [1.82, 2.24) is 20.1 Å². The highest BCUT2D eigenvalue weighted by Gasteiger charge is 2.21. The molecule has 1 N–H and O–H groups in total. The SMILES string of the molecule is O=C(/C=C/c1cn(Cc2ccccc2)nc1-c1cccnc1)NC1CCSc2ccccc21. The van der Waals surface area contributed by atoms with Gasteiger partial charge in [-0.15, -0.1) is 11.8 Å². The van der Waals surface area contributed by atoms with Crippen LogP contribution in [0.15, 0.2) is 96.3 Å². The van der Waals surface area contributed by atoms with Crippen LogP contribution >= 0.6 is 11.8 Å². The summed E-state index contributed by atoms with van der Waals surface area (Å²) in [5.41, 5.74) is 4.97. The number of thioether (sulfide) groups is 1. The summed E-state index contributed by atoms with van der Waals surface area (Å²) in [7, 11) is 0. The Morgan fingerprint density at radius 1 is 1.09 bits per heavy atom. The monoisotopic (exact) mass is 452 g/mol. The molecule has 5 nitrogen and oxygen atoms in total. The highest BCUT2D eigenvalue weighted by molar-refractivity contribution is 7.99. The largest absolute Gasteiger partial charge is 0.346 e. The van der Waals surface area contributed by atoms with Crippen LogP contribution in [0, 0.1) is 0 Å². The summed E-state index contributed by atoms with van der Waals surface area (Å²) in [5, 5.41) is 7.96. The summed E-state index contributed by atoms with van der Waals surface area (Å²) in [5.74, 6) is 0.901. The van der Waals surface area contributed by atoms with Crippen molar-refractivity contribution in [3.05, 3.63) is 108 Å². The predicted molar refractivity (Wildman–Crippen MR) is 133 cm³/mol. The lowest BCUT2D eigenvalue weighted by Crippen LogP contribution is -2.29. The Bertz CT molecular complexity index is 1270. The number of benzene rings is 2.